The molecule has 0 unspecified atom stereocenters. The first-order valence-electron chi connectivity index (χ1n) is 11.0. The summed E-state index contributed by atoms with van der Waals surface area (Å²) >= 11 is 0. The van der Waals surface area contributed by atoms with Crippen molar-refractivity contribution in [3.8, 4) is 28.0 Å². The molecular weight excluding hydrogens is 376 g/mol. The number of hydrogen-bond donors (Lipinski definition) is 0. The highest BCUT2D eigenvalue weighted by atomic mass is 16.5. The topological polar surface area (TPSA) is 9.23 Å². The minimum Gasteiger partial charge on any atom is -0.488 e. The Hall–Kier alpha value is -3.32. The van der Waals surface area contributed by atoms with Crippen molar-refractivity contribution in [1.82, 2.24) is 0 Å². The fourth-order valence-corrected chi connectivity index (χ4v) is 3.82. The molecule has 0 fully saturated rings. The lowest BCUT2D eigenvalue weighted by Gasteiger charge is -2.24. The average Bonchev–Trinajstić information content (AvgIpc) is 2.84. The molecule has 0 aliphatic carbocycles. The zero-order chi connectivity index (χ0) is 21.7. The Labute approximate surface area is 186 Å². The van der Waals surface area contributed by atoms with Gasteiger partial charge in [-0.15, -0.1) is 0 Å². The van der Waals surface area contributed by atoms with Gasteiger partial charge < -0.3 is 4.74 Å². The molecule has 0 heterocycles. The van der Waals surface area contributed by atoms with Crippen molar-refractivity contribution in [2.24, 2.45) is 0 Å². The summed E-state index contributed by atoms with van der Waals surface area (Å²) in [4.78, 5) is 0. The van der Waals surface area contributed by atoms with Crippen LogP contribution in [-0.2, 0) is 12.0 Å². The van der Waals surface area contributed by atoms with E-state index < -0.39 is 0 Å². The third kappa shape index (κ3) is 4.72. The highest BCUT2D eigenvalue weighted by Gasteiger charge is 2.18. The molecule has 4 aromatic rings. The van der Waals surface area contributed by atoms with Crippen LogP contribution in [0.4, 0.5) is 0 Å². The van der Waals surface area contributed by atoms with Gasteiger partial charge in [-0.1, -0.05) is 124 Å². The van der Waals surface area contributed by atoms with Crippen LogP contribution in [0.25, 0.3) is 22.3 Å². The molecule has 0 saturated carbocycles. The van der Waals surface area contributed by atoms with Crippen LogP contribution >= 0.6 is 0 Å². The Morgan fingerprint density at radius 3 is 1.74 bits per heavy atom. The molecule has 0 aromatic heterocycles. The van der Waals surface area contributed by atoms with Crippen molar-refractivity contribution < 1.29 is 4.74 Å². The summed E-state index contributed by atoms with van der Waals surface area (Å²) < 4.78 is 6.56. The van der Waals surface area contributed by atoms with Crippen LogP contribution in [0.15, 0.2) is 103 Å². The van der Waals surface area contributed by atoms with E-state index in [9.17, 15) is 0 Å². The van der Waals surface area contributed by atoms with Gasteiger partial charge >= 0.3 is 0 Å². The van der Waals surface area contributed by atoms with Gasteiger partial charge in [-0.2, -0.15) is 0 Å². The SMILES string of the molecule is CCC(C)(C)c1cccc(COc2c(-c3ccccc3)cccc2-c2ccccc2)c1. The van der Waals surface area contributed by atoms with Gasteiger partial charge in [-0.05, 0) is 34.1 Å². The maximum Gasteiger partial charge on any atom is 0.135 e. The molecule has 0 N–H and O–H groups in total. The van der Waals surface area contributed by atoms with E-state index >= 15 is 0 Å². The smallest absolute Gasteiger partial charge is 0.135 e. The molecule has 0 saturated heterocycles. The standard InChI is InChI=1S/C30H30O/c1-4-30(2,3)26-18-11-13-23(21-26)22-31-29-27(24-14-7-5-8-15-24)19-12-20-28(29)25-16-9-6-10-17-25/h5-21H,4,22H2,1-3H3. The predicted molar refractivity (Wildman–Crippen MR) is 131 cm³/mol. The van der Waals surface area contributed by atoms with E-state index in [-0.39, 0.29) is 5.41 Å². The zero-order valence-corrected chi connectivity index (χ0v) is 18.6. The molecule has 0 aliphatic heterocycles. The van der Waals surface area contributed by atoms with Gasteiger partial charge in [-0.3, -0.25) is 0 Å². The molecule has 0 spiro atoms. The summed E-state index contributed by atoms with van der Waals surface area (Å²) in [5, 5.41) is 0. The molecule has 0 aliphatic rings. The molecule has 156 valence electrons. The summed E-state index contributed by atoms with van der Waals surface area (Å²) in [6.07, 6.45) is 1.10. The Morgan fingerprint density at radius 1 is 0.645 bits per heavy atom. The third-order valence-corrected chi connectivity index (χ3v) is 6.16. The van der Waals surface area contributed by atoms with Crippen LogP contribution in [0.3, 0.4) is 0 Å². The van der Waals surface area contributed by atoms with Crippen molar-refractivity contribution in [3.05, 3.63) is 114 Å². The highest BCUT2D eigenvalue weighted by Crippen LogP contribution is 2.39. The fraction of sp³-hybridized carbons (Fsp3) is 0.200. The number of para-hydroxylation sites is 1. The predicted octanol–water partition coefficient (Wildman–Crippen LogP) is 8.29. The Balaban J connectivity index is 1.73. The third-order valence-electron chi connectivity index (χ3n) is 6.16. The van der Waals surface area contributed by atoms with Crippen LogP contribution in [0.2, 0.25) is 0 Å². The molecule has 1 heteroatoms. The maximum absolute atomic E-state index is 6.56. The summed E-state index contributed by atoms with van der Waals surface area (Å²) in [5.74, 6) is 0.931. The minimum absolute atomic E-state index is 0.160. The summed E-state index contributed by atoms with van der Waals surface area (Å²) in [5.41, 5.74) is 7.27. The van der Waals surface area contributed by atoms with E-state index in [1.165, 1.54) is 11.1 Å². The Morgan fingerprint density at radius 2 is 1.19 bits per heavy atom. The van der Waals surface area contributed by atoms with E-state index in [2.05, 4.69) is 112 Å². The lowest BCUT2D eigenvalue weighted by Crippen LogP contribution is -2.15. The number of benzene rings is 4. The summed E-state index contributed by atoms with van der Waals surface area (Å²) in [6, 6.07) is 36.2. The first-order chi connectivity index (χ1) is 15.1. The summed E-state index contributed by atoms with van der Waals surface area (Å²) in [6.45, 7) is 7.37. The molecule has 1 nitrogen and oxygen atoms in total. The minimum atomic E-state index is 0.160. The van der Waals surface area contributed by atoms with Crippen LogP contribution in [0.5, 0.6) is 5.75 Å². The van der Waals surface area contributed by atoms with E-state index in [0.717, 1.165) is 34.4 Å². The van der Waals surface area contributed by atoms with E-state index in [1.54, 1.807) is 0 Å². The normalized spacial score (nSPS) is 11.3. The zero-order valence-electron chi connectivity index (χ0n) is 18.6. The maximum atomic E-state index is 6.56. The lowest BCUT2D eigenvalue weighted by atomic mass is 9.82. The second-order valence-corrected chi connectivity index (χ2v) is 8.64. The molecular formula is C30H30O. The van der Waals surface area contributed by atoms with E-state index in [0.29, 0.717) is 6.61 Å². The quantitative estimate of drug-likeness (QED) is 0.300. The van der Waals surface area contributed by atoms with Gasteiger partial charge in [0.25, 0.3) is 0 Å². The van der Waals surface area contributed by atoms with Crippen LogP contribution < -0.4 is 4.74 Å². The van der Waals surface area contributed by atoms with Gasteiger partial charge in [0.15, 0.2) is 0 Å². The number of hydrogen-bond acceptors (Lipinski definition) is 1. The van der Waals surface area contributed by atoms with Gasteiger partial charge in [0.1, 0.15) is 12.4 Å². The van der Waals surface area contributed by atoms with Crippen LogP contribution in [0, 0.1) is 0 Å². The van der Waals surface area contributed by atoms with Crippen molar-refractivity contribution in [2.75, 3.05) is 0 Å². The molecule has 4 rings (SSSR count). The van der Waals surface area contributed by atoms with Gasteiger partial charge in [-0.25, -0.2) is 0 Å². The molecule has 0 bridgehead atoms. The Kier molecular flexibility index (Phi) is 6.23. The highest BCUT2D eigenvalue weighted by molar-refractivity contribution is 5.82. The summed E-state index contributed by atoms with van der Waals surface area (Å²) in [7, 11) is 0. The number of ether oxygens (including phenoxy) is 1. The van der Waals surface area contributed by atoms with Gasteiger partial charge in [0.2, 0.25) is 0 Å². The van der Waals surface area contributed by atoms with Crippen molar-refractivity contribution in [2.45, 2.75) is 39.2 Å². The average molecular weight is 407 g/mol. The number of rotatable bonds is 7. The second-order valence-electron chi connectivity index (χ2n) is 8.64. The fourth-order valence-electron chi connectivity index (χ4n) is 3.82. The molecule has 0 amide bonds. The molecule has 0 atom stereocenters. The van der Waals surface area contributed by atoms with Crippen LogP contribution in [-0.4, -0.2) is 0 Å². The van der Waals surface area contributed by atoms with E-state index in [1.807, 2.05) is 12.1 Å². The Bertz CT molecular complexity index is 1070. The van der Waals surface area contributed by atoms with Crippen molar-refractivity contribution in [1.29, 1.82) is 0 Å². The van der Waals surface area contributed by atoms with Crippen molar-refractivity contribution in [3.63, 3.8) is 0 Å². The first kappa shape index (κ1) is 20.9. The van der Waals surface area contributed by atoms with Crippen LogP contribution in [0.1, 0.15) is 38.3 Å². The molecule has 31 heavy (non-hydrogen) atoms. The lowest BCUT2D eigenvalue weighted by molar-refractivity contribution is 0.308. The van der Waals surface area contributed by atoms with Gasteiger partial charge in [0.05, 0.1) is 0 Å². The molecule has 4 aromatic carbocycles. The van der Waals surface area contributed by atoms with Gasteiger partial charge in [0, 0.05) is 11.1 Å². The monoisotopic (exact) mass is 406 g/mol. The second kappa shape index (κ2) is 9.22. The van der Waals surface area contributed by atoms with E-state index in [4.69, 9.17) is 4.74 Å². The molecule has 0 radical (unpaired) electrons. The largest absolute Gasteiger partial charge is 0.488 e. The van der Waals surface area contributed by atoms with Crippen molar-refractivity contribution >= 4 is 0 Å². The first-order valence-corrected chi connectivity index (χ1v) is 11.0.